The Bertz CT molecular complexity index is 460. The number of carbonyl (C=O) groups is 2. The molecule has 5 heteroatoms. The van der Waals surface area contributed by atoms with E-state index in [1.54, 1.807) is 24.3 Å². The number of hydrogen-bond acceptors (Lipinski definition) is 3. The van der Waals surface area contributed by atoms with E-state index < -0.39 is 23.9 Å². The van der Waals surface area contributed by atoms with Gasteiger partial charge in [0.2, 0.25) is 0 Å². The Morgan fingerprint density at radius 1 is 1.26 bits per heavy atom. The first-order valence-electron chi connectivity index (χ1n) is 6.34. The number of likely N-dealkylation sites (tertiary alicyclic amines) is 1. The molecule has 1 aromatic rings. The monoisotopic (exact) mass is 263 g/mol. The normalized spacial score (nSPS) is 20.9. The van der Waals surface area contributed by atoms with Crippen molar-refractivity contribution in [2.24, 2.45) is 5.92 Å². The van der Waals surface area contributed by atoms with E-state index in [9.17, 15) is 14.7 Å². The lowest BCUT2D eigenvalue weighted by Crippen LogP contribution is -2.44. The zero-order valence-electron chi connectivity index (χ0n) is 10.5. The zero-order chi connectivity index (χ0) is 13.8. The molecule has 102 valence electrons. The van der Waals surface area contributed by atoms with Gasteiger partial charge >= 0.3 is 5.97 Å². The second kappa shape index (κ2) is 5.84. The Morgan fingerprint density at radius 3 is 2.58 bits per heavy atom. The Morgan fingerprint density at radius 2 is 1.95 bits per heavy atom. The topological polar surface area (TPSA) is 77.8 Å². The average Bonchev–Trinajstić information content (AvgIpc) is 2.46. The van der Waals surface area contributed by atoms with E-state index in [1.807, 2.05) is 6.07 Å². The first kappa shape index (κ1) is 13.5. The van der Waals surface area contributed by atoms with Crippen molar-refractivity contribution in [3.8, 4) is 0 Å². The maximum atomic E-state index is 12.1. The number of nitrogens with zero attached hydrogens (tertiary/aromatic N) is 1. The number of rotatable bonds is 3. The van der Waals surface area contributed by atoms with Crippen molar-refractivity contribution in [2.45, 2.75) is 18.9 Å². The molecular formula is C14H17NO4. The molecule has 0 radical (unpaired) electrons. The zero-order valence-corrected chi connectivity index (χ0v) is 10.5. The van der Waals surface area contributed by atoms with Crippen LogP contribution in [0.25, 0.3) is 0 Å². The standard InChI is InChI=1S/C14H17NO4/c16-12(10-5-2-1-3-6-10)13(17)15-8-4-7-11(9-15)14(18)19/h1-3,5-6,11-12,16H,4,7-9H2,(H,18,19)/t11-,12?/m1/s1. The number of aliphatic hydroxyl groups excluding tert-OH is 1. The molecule has 1 amide bonds. The van der Waals surface area contributed by atoms with Crippen LogP contribution in [0.15, 0.2) is 30.3 Å². The number of benzene rings is 1. The Balaban J connectivity index is 2.05. The molecule has 2 N–H and O–H groups in total. The van der Waals surface area contributed by atoms with Crippen molar-refractivity contribution in [1.82, 2.24) is 4.90 Å². The maximum absolute atomic E-state index is 12.1. The summed E-state index contributed by atoms with van der Waals surface area (Å²) in [5.74, 6) is -1.83. The summed E-state index contributed by atoms with van der Waals surface area (Å²) < 4.78 is 0. The predicted octanol–water partition coefficient (Wildman–Crippen LogP) is 1.04. The SMILES string of the molecule is O=C(O)[C@@H]1CCCN(C(=O)C(O)c2ccccc2)C1. The lowest BCUT2D eigenvalue weighted by atomic mass is 9.97. The number of hydrogen-bond donors (Lipinski definition) is 2. The van der Waals surface area contributed by atoms with Gasteiger partial charge in [-0.15, -0.1) is 0 Å². The van der Waals surface area contributed by atoms with E-state index in [0.29, 0.717) is 24.9 Å². The Kier molecular flexibility index (Phi) is 4.16. The Hall–Kier alpha value is -1.88. The second-order valence-corrected chi connectivity index (χ2v) is 4.77. The molecule has 0 bridgehead atoms. The summed E-state index contributed by atoms with van der Waals surface area (Å²) in [6.45, 7) is 0.685. The summed E-state index contributed by atoms with van der Waals surface area (Å²) in [6.07, 6.45) is 0.0267. The predicted molar refractivity (Wildman–Crippen MR) is 68.3 cm³/mol. The van der Waals surface area contributed by atoms with E-state index in [1.165, 1.54) is 4.90 Å². The lowest BCUT2D eigenvalue weighted by Gasteiger charge is -2.32. The van der Waals surface area contributed by atoms with Crippen LogP contribution < -0.4 is 0 Å². The second-order valence-electron chi connectivity index (χ2n) is 4.77. The highest BCUT2D eigenvalue weighted by molar-refractivity contribution is 5.83. The molecule has 2 rings (SSSR count). The van der Waals surface area contributed by atoms with Crippen LogP contribution in [-0.4, -0.2) is 40.1 Å². The fourth-order valence-corrected chi connectivity index (χ4v) is 2.33. The van der Waals surface area contributed by atoms with E-state index >= 15 is 0 Å². The number of carboxylic acid groups (broad SMARTS) is 1. The van der Waals surface area contributed by atoms with Gasteiger partial charge in [0.05, 0.1) is 5.92 Å². The molecule has 2 atom stereocenters. The molecule has 0 aliphatic carbocycles. The maximum Gasteiger partial charge on any atom is 0.308 e. The van der Waals surface area contributed by atoms with Gasteiger partial charge in [-0.25, -0.2) is 0 Å². The van der Waals surface area contributed by atoms with Crippen molar-refractivity contribution in [3.63, 3.8) is 0 Å². The van der Waals surface area contributed by atoms with Crippen LogP contribution in [0.4, 0.5) is 0 Å². The minimum absolute atomic E-state index is 0.179. The van der Waals surface area contributed by atoms with Crippen LogP contribution in [0.1, 0.15) is 24.5 Å². The van der Waals surface area contributed by atoms with Crippen LogP contribution in [0, 0.1) is 5.92 Å². The van der Waals surface area contributed by atoms with E-state index in [0.717, 1.165) is 0 Å². The van der Waals surface area contributed by atoms with Gasteiger partial charge in [0, 0.05) is 13.1 Å². The van der Waals surface area contributed by atoms with Gasteiger partial charge < -0.3 is 15.1 Å². The highest BCUT2D eigenvalue weighted by Gasteiger charge is 2.31. The molecule has 1 aromatic carbocycles. The quantitative estimate of drug-likeness (QED) is 0.854. The number of piperidine rings is 1. The summed E-state index contributed by atoms with van der Waals surface area (Å²) in [5, 5.41) is 19.0. The number of aliphatic carboxylic acids is 1. The molecular weight excluding hydrogens is 246 g/mol. The number of amides is 1. The van der Waals surface area contributed by atoms with Crippen LogP contribution in [0.3, 0.4) is 0 Å². The average molecular weight is 263 g/mol. The number of carboxylic acids is 1. The minimum atomic E-state index is -1.21. The van der Waals surface area contributed by atoms with Gasteiger partial charge in [0.25, 0.3) is 5.91 Å². The van der Waals surface area contributed by atoms with Gasteiger partial charge in [-0.2, -0.15) is 0 Å². The van der Waals surface area contributed by atoms with Gasteiger partial charge in [-0.3, -0.25) is 9.59 Å². The van der Waals surface area contributed by atoms with Crippen molar-refractivity contribution < 1.29 is 19.8 Å². The third-order valence-corrected chi connectivity index (χ3v) is 3.43. The van der Waals surface area contributed by atoms with E-state index in [4.69, 9.17) is 5.11 Å². The third kappa shape index (κ3) is 3.12. The molecule has 0 spiro atoms. The van der Waals surface area contributed by atoms with E-state index in [-0.39, 0.29) is 6.54 Å². The fourth-order valence-electron chi connectivity index (χ4n) is 2.33. The molecule has 1 saturated heterocycles. The highest BCUT2D eigenvalue weighted by Crippen LogP contribution is 2.21. The van der Waals surface area contributed by atoms with Crippen molar-refractivity contribution in [1.29, 1.82) is 0 Å². The molecule has 5 nitrogen and oxygen atoms in total. The van der Waals surface area contributed by atoms with Crippen LogP contribution in [0.5, 0.6) is 0 Å². The molecule has 0 aromatic heterocycles. The summed E-state index contributed by atoms with van der Waals surface area (Å²) in [7, 11) is 0. The third-order valence-electron chi connectivity index (χ3n) is 3.43. The molecule has 1 unspecified atom stereocenters. The molecule has 1 aliphatic rings. The van der Waals surface area contributed by atoms with Gasteiger partial charge in [-0.05, 0) is 18.4 Å². The summed E-state index contributed by atoms with van der Waals surface area (Å²) in [4.78, 5) is 24.6. The van der Waals surface area contributed by atoms with Crippen LogP contribution in [0.2, 0.25) is 0 Å². The molecule has 1 fully saturated rings. The fraction of sp³-hybridized carbons (Fsp3) is 0.429. The van der Waals surface area contributed by atoms with Crippen LogP contribution in [-0.2, 0) is 9.59 Å². The molecule has 1 heterocycles. The summed E-state index contributed by atoms with van der Waals surface area (Å²) in [6, 6.07) is 8.68. The van der Waals surface area contributed by atoms with Gasteiger partial charge in [-0.1, -0.05) is 30.3 Å². The summed E-state index contributed by atoms with van der Waals surface area (Å²) >= 11 is 0. The summed E-state index contributed by atoms with van der Waals surface area (Å²) in [5.41, 5.74) is 0.532. The first-order chi connectivity index (χ1) is 9.09. The lowest BCUT2D eigenvalue weighted by molar-refractivity contribution is -0.148. The largest absolute Gasteiger partial charge is 0.481 e. The van der Waals surface area contributed by atoms with Crippen molar-refractivity contribution in [3.05, 3.63) is 35.9 Å². The number of carbonyl (C=O) groups excluding carboxylic acids is 1. The Labute approximate surface area is 111 Å². The van der Waals surface area contributed by atoms with E-state index in [2.05, 4.69) is 0 Å². The van der Waals surface area contributed by atoms with Crippen molar-refractivity contribution >= 4 is 11.9 Å². The van der Waals surface area contributed by atoms with Crippen molar-refractivity contribution in [2.75, 3.05) is 13.1 Å². The smallest absolute Gasteiger partial charge is 0.308 e. The van der Waals surface area contributed by atoms with Gasteiger partial charge in [0.15, 0.2) is 6.10 Å². The molecule has 1 aliphatic heterocycles. The van der Waals surface area contributed by atoms with Gasteiger partial charge in [0.1, 0.15) is 0 Å². The molecule has 0 saturated carbocycles. The number of aliphatic hydroxyl groups is 1. The first-order valence-corrected chi connectivity index (χ1v) is 6.34. The highest BCUT2D eigenvalue weighted by atomic mass is 16.4. The molecule has 19 heavy (non-hydrogen) atoms. The van der Waals surface area contributed by atoms with Crippen LogP contribution >= 0.6 is 0 Å². The minimum Gasteiger partial charge on any atom is -0.481 e.